The number of benzene rings is 1. The number of hydrogen-bond donors (Lipinski definition) is 2. The van der Waals surface area contributed by atoms with Crippen LogP contribution in [0.1, 0.15) is 29.3 Å². The maximum atomic E-state index is 12.7. The molecule has 0 fully saturated rings. The lowest BCUT2D eigenvalue weighted by atomic mass is 9.99. The molecule has 6 heteroatoms. The number of carbonyl (C=O) groups excluding carboxylic acids is 2. The first-order valence-electron chi connectivity index (χ1n) is 7.59. The highest BCUT2D eigenvalue weighted by atomic mass is 16.3. The highest BCUT2D eigenvalue weighted by molar-refractivity contribution is 6.02. The van der Waals surface area contributed by atoms with Gasteiger partial charge in [-0.25, -0.2) is 0 Å². The summed E-state index contributed by atoms with van der Waals surface area (Å²) < 4.78 is 4.88. The lowest BCUT2D eigenvalue weighted by molar-refractivity contribution is -0.120. The van der Waals surface area contributed by atoms with Gasteiger partial charge in [-0.3, -0.25) is 9.59 Å². The number of fused-ring (bicyclic) bond motifs is 1. The van der Waals surface area contributed by atoms with Crippen LogP contribution < -0.4 is 16.0 Å². The number of carbonyl (C=O) groups is 2. The summed E-state index contributed by atoms with van der Waals surface area (Å²) in [6, 6.07) is 6.51. The molecule has 1 aliphatic heterocycles. The number of nitrogens with two attached hydrogens (primary N) is 1. The van der Waals surface area contributed by atoms with Crippen LogP contribution in [0.2, 0.25) is 0 Å². The molecule has 0 radical (unpaired) electrons. The predicted molar refractivity (Wildman–Crippen MR) is 87.2 cm³/mol. The lowest BCUT2D eigenvalue weighted by Crippen LogP contribution is -2.48. The first-order valence-corrected chi connectivity index (χ1v) is 7.59. The standard InChI is InChI=1S/C17H19N3O3/c1-11(19-16(21)12-7-9-23-10-12)17(22)20-8-3-4-13-14(18)5-2-6-15(13)20/h2,5-7,9-11H,3-4,8,18H2,1H3,(H,19,21). The van der Waals surface area contributed by atoms with Crippen molar-refractivity contribution in [2.45, 2.75) is 25.8 Å². The van der Waals surface area contributed by atoms with E-state index in [-0.39, 0.29) is 11.8 Å². The Kier molecular flexibility index (Phi) is 4.06. The SMILES string of the molecule is CC(NC(=O)c1ccoc1)C(=O)N1CCCc2c(N)cccc21. The number of amides is 2. The highest BCUT2D eigenvalue weighted by Crippen LogP contribution is 2.31. The van der Waals surface area contributed by atoms with Crippen molar-refractivity contribution in [2.75, 3.05) is 17.2 Å². The zero-order valence-corrected chi connectivity index (χ0v) is 12.9. The van der Waals surface area contributed by atoms with Gasteiger partial charge in [0.05, 0.1) is 11.8 Å². The Labute approximate surface area is 134 Å². The van der Waals surface area contributed by atoms with Crippen LogP contribution >= 0.6 is 0 Å². The van der Waals surface area contributed by atoms with Crippen LogP contribution in [0.5, 0.6) is 0 Å². The van der Waals surface area contributed by atoms with Gasteiger partial charge in [0.25, 0.3) is 5.91 Å². The summed E-state index contributed by atoms with van der Waals surface area (Å²) in [5.41, 5.74) is 8.95. The van der Waals surface area contributed by atoms with E-state index in [1.54, 1.807) is 17.9 Å². The van der Waals surface area contributed by atoms with Crippen molar-refractivity contribution >= 4 is 23.2 Å². The summed E-state index contributed by atoms with van der Waals surface area (Å²) in [4.78, 5) is 26.5. The molecular formula is C17H19N3O3. The third kappa shape index (κ3) is 2.92. The molecular weight excluding hydrogens is 294 g/mol. The number of rotatable bonds is 3. The fourth-order valence-electron chi connectivity index (χ4n) is 2.85. The average Bonchev–Trinajstić information content (AvgIpc) is 3.08. The Morgan fingerprint density at radius 1 is 1.35 bits per heavy atom. The van der Waals surface area contributed by atoms with Gasteiger partial charge >= 0.3 is 0 Å². The Morgan fingerprint density at radius 3 is 2.91 bits per heavy atom. The first-order chi connectivity index (χ1) is 11.1. The second-order valence-electron chi connectivity index (χ2n) is 5.65. The number of furan rings is 1. The smallest absolute Gasteiger partial charge is 0.255 e. The number of hydrogen-bond acceptors (Lipinski definition) is 4. The van der Waals surface area contributed by atoms with E-state index in [1.807, 2.05) is 18.2 Å². The molecule has 1 atom stereocenters. The molecule has 0 aliphatic carbocycles. The second kappa shape index (κ2) is 6.16. The fourth-order valence-corrected chi connectivity index (χ4v) is 2.85. The van der Waals surface area contributed by atoms with E-state index in [0.717, 1.165) is 24.1 Å². The van der Waals surface area contributed by atoms with Gasteiger partial charge in [0.2, 0.25) is 5.91 Å². The second-order valence-corrected chi connectivity index (χ2v) is 5.65. The van der Waals surface area contributed by atoms with Gasteiger partial charge in [0.15, 0.2) is 0 Å². The molecule has 23 heavy (non-hydrogen) atoms. The van der Waals surface area contributed by atoms with Crippen LogP contribution in [0.3, 0.4) is 0 Å². The van der Waals surface area contributed by atoms with Crippen molar-refractivity contribution < 1.29 is 14.0 Å². The minimum Gasteiger partial charge on any atom is -0.472 e. The normalized spacial score (nSPS) is 14.9. The molecule has 2 aromatic rings. The van der Waals surface area contributed by atoms with Crippen molar-refractivity contribution in [1.29, 1.82) is 0 Å². The van der Waals surface area contributed by atoms with Crippen LogP contribution in [-0.4, -0.2) is 24.4 Å². The molecule has 6 nitrogen and oxygen atoms in total. The quantitative estimate of drug-likeness (QED) is 0.848. The third-order valence-corrected chi connectivity index (χ3v) is 4.05. The van der Waals surface area contributed by atoms with E-state index in [0.29, 0.717) is 17.8 Å². The molecule has 3 rings (SSSR count). The minimum atomic E-state index is -0.634. The zero-order chi connectivity index (χ0) is 16.4. The van der Waals surface area contributed by atoms with E-state index >= 15 is 0 Å². The van der Waals surface area contributed by atoms with Crippen molar-refractivity contribution in [1.82, 2.24) is 5.32 Å². The van der Waals surface area contributed by atoms with Gasteiger partial charge in [-0.1, -0.05) is 6.07 Å². The fraction of sp³-hybridized carbons (Fsp3) is 0.294. The Hall–Kier alpha value is -2.76. The summed E-state index contributed by atoms with van der Waals surface area (Å²) in [5, 5.41) is 2.70. The monoisotopic (exact) mass is 313 g/mol. The Balaban J connectivity index is 1.76. The molecule has 1 aromatic heterocycles. The Bertz CT molecular complexity index is 725. The summed E-state index contributed by atoms with van der Waals surface area (Å²) in [5.74, 6) is -0.474. The topological polar surface area (TPSA) is 88.6 Å². The third-order valence-electron chi connectivity index (χ3n) is 4.05. The van der Waals surface area contributed by atoms with E-state index in [4.69, 9.17) is 10.2 Å². The number of nitrogens with zero attached hydrogens (tertiary/aromatic N) is 1. The van der Waals surface area contributed by atoms with Gasteiger partial charge in [0, 0.05) is 17.9 Å². The lowest BCUT2D eigenvalue weighted by Gasteiger charge is -2.32. The van der Waals surface area contributed by atoms with Crippen LogP contribution in [0.4, 0.5) is 11.4 Å². The molecule has 0 saturated carbocycles. The number of nitrogen functional groups attached to an aromatic ring is 1. The van der Waals surface area contributed by atoms with Gasteiger partial charge in [0.1, 0.15) is 12.3 Å². The molecule has 2 heterocycles. The number of anilines is 2. The molecule has 0 spiro atoms. The maximum absolute atomic E-state index is 12.7. The summed E-state index contributed by atoms with van der Waals surface area (Å²) >= 11 is 0. The van der Waals surface area contributed by atoms with E-state index in [2.05, 4.69) is 5.32 Å². The first kappa shape index (κ1) is 15.1. The van der Waals surface area contributed by atoms with E-state index in [1.165, 1.54) is 12.5 Å². The summed E-state index contributed by atoms with van der Waals surface area (Å²) in [6.45, 7) is 2.31. The highest BCUT2D eigenvalue weighted by Gasteiger charge is 2.28. The largest absolute Gasteiger partial charge is 0.472 e. The van der Waals surface area contributed by atoms with Crippen LogP contribution in [-0.2, 0) is 11.2 Å². The molecule has 1 aromatic carbocycles. The van der Waals surface area contributed by atoms with Crippen LogP contribution in [0, 0.1) is 0 Å². The minimum absolute atomic E-state index is 0.145. The molecule has 2 amide bonds. The van der Waals surface area contributed by atoms with Gasteiger partial charge in [-0.15, -0.1) is 0 Å². The molecule has 0 saturated heterocycles. The predicted octanol–water partition coefficient (Wildman–Crippen LogP) is 1.96. The van der Waals surface area contributed by atoms with Crippen molar-refractivity contribution in [3.63, 3.8) is 0 Å². The molecule has 3 N–H and O–H groups in total. The molecule has 120 valence electrons. The van der Waals surface area contributed by atoms with Crippen molar-refractivity contribution in [3.8, 4) is 0 Å². The molecule has 0 bridgehead atoms. The van der Waals surface area contributed by atoms with Crippen molar-refractivity contribution in [2.24, 2.45) is 0 Å². The van der Waals surface area contributed by atoms with E-state index in [9.17, 15) is 9.59 Å². The van der Waals surface area contributed by atoms with Gasteiger partial charge < -0.3 is 20.4 Å². The van der Waals surface area contributed by atoms with Crippen LogP contribution in [0.15, 0.2) is 41.2 Å². The molecule has 1 aliphatic rings. The molecule has 1 unspecified atom stereocenters. The van der Waals surface area contributed by atoms with Gasteiger partial charge in [-0.05, 0) is 43.5 Å². The van der Waals surface area contributed by atoms with Gasteiger partial charge in [-0.2, -0.15) is 0 Å². The number of nitrogens with one attached hydrogen (secondary N) is 1. The van der Waals surface area contributed by atoms with Crippen LogP contribution in [0.25, 0.3) is 0 Å². The Morgan fingerprint density at radius 2 is 2.17 bits per heavy atom. The maximum Gasteiger partial charge on any atom is 0.255 e. The van der Waals surface area contributed by atoms with Crippen molar-refractivity contribution in [3.05, 3.63) is 47.9 Å². The summed E-state index contributed by atoms with van der Waals surface area (Å²) in [7, 11) is 0. The van der Waals surface area contributed by atoms with E-state index < -0.39 is 6.04 Å². The average molecular weight is 313 g/mol. The summed E-state index contributed by atoms with van der Waals surface area (Å²) in [6.07, 6.45) is 4.49. The zero-order valence-electron chi connectivity index (χ0n) is 12.9.